The Balaban J connectivity index is 2.53. The molecular formula is C12H15N3O. The lowest BCUT2D eigenvalue weighted by Crippen LogP contribution is -2.18. The van der Waals surface area contributed by atoms with Crippen molar-refractivity contribution in [2.45, 2.75) is 13.1 Å². The molecular weight excluding hydrogens is 202 g/mol. The van der Waals surface area contributed by atoms with Crippen LogP contribution in [-0.2, 0) is 17.9 Å². The van der Waals surface area contributed by atoms with E-state index in [1.54, 1.807) is 0 Å². The van der Waals surface area contributed by atoms with E-state index in [1.165, 1.54) is 5.56 Å². The summed E-state index contributed by atoms with van der Waals surface area (Å²) in [6.45, 7) is 1.00. The Hall–Kier alpha value is -1.81. The van der Waals surface area contributed by atoms with Crippen molar-refractivity contribution < 1.29 is 4.79 Å². The van der Waals surface area contributed by atoms with E-state index in [1.807, 2.05) is 36.0 Å². The van der Waals surface area contributed by atoms with Crippen molar-refractivity contribution in [1.29, 1.82) is 0 Å². The number of carbonyl (C=O) groups is 1. The molecule has 0 radical (unpaired) electrons. The molecule has 84 valence electrons. The van der Waals surface area contributed by atoms with E-state index < -0.39 is 0 Å². The normalized spacial score (nSPS) is 10.8. The molecule has 0 aliphatic carbocycles. The molecule has 1 amide bonds. The molecule has 4 nitrogen and oxygen atoms in total. The predicted molar refractivity (Wildman–Crippen MR) is 63.9 cm³/mol. The van der Waals surface area contributed by atoms with Crippen molar-refractivity contribution in [3.05, 3.63) is 36.0 Å². The largest absolute Gasteiger partial charge is 0.368 e. The van der Waals surface area contributed by atoms with Crippen LogP contribution in [0.2, 0.25) is 0 Å². The second kappa shape index (κ2) is 4.37. The van der Waals surface area contributed by atoms with Crippen LogP contribution in [0.5, 0.6) is 0 Å². The van der Waals surface area contributed by atoms with Gasteiger partial charge in [0, 0.05) is 12.7 Å². The number of amides is 1. The molecule has 0 atom stereocenters. The topological polar surface area (TPSA) is 60.1 Å². The first-order chi connectivity index (χ1) is 7.72. The summed E-state index contributed by atoms with van der Waals surface area (Å²) in [6, 6.07) is 8.10. The third kappa shape index (κ3) is 1.92. The highest BCUT2D eigenvalue weighted by Gasteiger charge is 2.07. The number of hydrogen-bond acceptors (Lipinski definition) is 2. The first-order valence-corrected chi connectivity index (χ1v) is 5.22. The Kier molecular flexibility index (Phi) is 2.92. The highest BCUT2D eigenvalue weighted by molar-refractivity contribution is 5.85. The quantitative estimate of drug-likeness (QED) is 0.797. The zero-order valence-corrected chi connectivity index (χ0v) is 9.23. The minimum absolute atomic E-state index is 0.226. The van der Waals surface area contributed by atoms with Gasteiger partial charge in [-0.25, -0.2) is 0 Å². The molecule has 0 unspecified atom stereocenters. The summed E-state index contributed by atoms with van der Waals surface area (Å²) in [6.07, 6.45) is 1.90. The summed E-state index contributed by atoms with van der Waals surface area (Å²) in [5.41, 5.74) is 7.48. The first kappa shape index (κ1) is 10.7. The Labute approximate surface area is 94.0 Å². The van der Waals surface area contributed by atoms with E-state index in [-0.39, 0.29) is 12.5 Å². The van der Waals surface area contributed by atoms with Gasteiger partial charge < -0.3 is 15.6 Å². The van der Waals surface area contributed by atoms with Gasteiger partial charge in [0.15, 0.2) is 0 Å². The van der Waals surface area contributed by atoms with Crippen LogP contribution in [0.1, 0.15) is 5.56 Å². The number of benzene rings is 1. The van der Waals surface area contributed by atoms with Crippen molar-refractivity contribution in [2.75, 3.05) is 7.05 Å². The number of rotatable bonds is 4. The number of nitrogens with zero attached hydrogens (tertiary/aromatic N) is 1. The van der Waals surface area contributed by atoms with Crippen molar-refractivity contribution in [3.8, 4) is 0 Å². The third-order valence-electron chi connectivity index (χ3n) is 2.57. The molecule has 0 saturated heterocycles. The minimum Gasteiger partial charge on any atom is -0.368 e. The van der Waals surface area contributed by atoms with Gasteiger partial charge in [-0.15, -0.1) is 0 Å². The fraction of sp³-hybridized carbons (Fsp3) is 0.250. The standard InChI is InChI=1S/C12H15N3O/c1-14-7-10-4-2-3-9-5-6-15(12(9)10)8-11(13)16/h2-6,14H,7-8H2,1H3,(H2,13,16). The zero-order valence-electron chi connectivity index (χ0n) is 9.23. The lowest BCUT2D eigenvalue weighted by molar-refractivity contribution is -0.118. The molecule has 1 aromatic carbocycles. The molecule has 0 aliphatic heterocycles. The molecule has 0 saturated carbocycles. The van der Waals surface area contributed by atoms with Gasteiger partial charge >= 0.3 is 0 Å². The van der Waals surface area contributed by atoms with Gasteiger partial charge in [-0.05, 0) is 24.1 Å². The third-order valence-corrected chi connectivity index (χ3v) is 2.57. The maximum absolute atomic E-state index is 11.0. The lowest BCUT2D eigenvalue weighted by Gasteiger charge is -2.07. The van der Waals surface area contributed by atoms with Crippen LogP contribution in [0.3, 0.4) is 0 Å². The fourth-order valence-electron chi connectivity index (χ4n) is 1.97. The second-order valence-corrected chi connectivity index (χ2v) is 3.80. The number of nitrogens with one attached hydrogen (secondary N) is 1. The monoisotopic (exact) mass is 217 g/mol. The van der Waals surface area contributed by atoms with Crippen LogP contribution in [0.15, 0.2) is 30.5 Å². The molecule has 0 spiro atoms. The molecule has 1 aromatic heterocycles. The van der Waals surface area contributed by atoms with Gasteiger partial charge in [0.1, 0.15) is 6.54 Å². The van der Waals surface area contributed by atoms with Gasteiger partial charge in [-0.3, -0.25) is 4.79 Å². The molecule has 0 aliphatic rings. The average molecular weight is 217 g/mol. The molecule has 0 bridgehead atoms. The van der Waals surface area contributed by atoms with E-state index in [0.29, 0.717) is 0 Å². The highest BCUT2D eigenvalue weighted by Crippen LogP contribution is 2.20. The SMILES string of the molecule is CNCc1cccc2ccn(CC(N)=O)c12. The molecule has 2 aromatic rings. The van der Waals surface area contributed by atoms with E-state index in [2.05, 4.69) is 11.4 Å². The summed E-state index contributed by atoms with van der Waals surface area (Å²) in [4.78, 5) is 11.0. The van der Waals surface area contributed by atoms with Gasteiger partial charge in [-0.2, -0.15) is 0 Å². The van der Waals surface area contributed by atoms with Gasteiger partial charge in [-0.1, -0.05) is 18.2 Å². The predicted octanol–water partition coefficient (Wildman–Crippen LogP) is 0.846. The van der Waals surface area contributed by atoms with Crippen LogP contribution in [0.25, 0.3) is 10.9 Å². The molecule has 4 heteroatoms. The minimum atomic E-state index is -0.322. The number of hydrogen-bond donors (Lipinski definition) is 2. The van der Waals surface area contributed by atoms with Crippen LogP contribution < -0.4 is 11.1 Å². The summed E-state index contributed by atoms with van der Waals surface area (Å²) in [7, 11) is 1.90. The summed E-state index contributed by atoms with van der Waals surface area (Å²) in [5, 5.41) is 4.25. The number of fused-ring (bicyclic) bond motifs is 1. The molecule has 16 heavy (non-hydrogen) atoms. The number of para-hydroxylation sites is 1. The van der Waals surface area contributed by atoms with E-state index >= 15 is 0 Å². The van der Waals surface area contributed by atoms with Gasteiger partial charge in [0.25, 0.3) is 0 Å². The maximum Gasteiger partial charge on any atom is 0.237 e. The van der Waals surface area contributed by atoms with Crippen LogP contribution in [0, 0.1) is 0 Å². The number of carbonyl (C=O) groups excluding carboxylic acids is 1. The Morgan fingerprint density at radius 3 is 2.94 bits per heavy atom. The average Bonchev–Trinajstić information content (AvgIpc) is 2.62. The second-order valence-electron chi connectivity index (χ2n) is 3.80. The Morgan fingerprint density at radius 2 is 2.25 bits per heavy atom. The lowest BCUT2D eigenvalue weighted by atomic mass is 10.1. The molecule has 2 rings (SSSR count). The first-order valence-electron chi connectivity index (χ1n) is 5.22. The number of nitrogens with two attached hydrogens (primary N) is 1. The summed E-state index contributed by atoms with van der Waals surface area (Å²) >= 11 is 0. The van der Waals surface area contributed by atoms with E-state index in [9.17, 15) is 4.79 Å². The van der Waals surface area contributed by atoms with E-state index in [4.69, 9.17) is 5.73 Å². The molecule has 3 N–H and O–H groups in total. The highest BCUT2D eigenvalue weighted by atomic mass is 16.1. The zero-order chi connectivity index (χ0) is 11.5. The smallest absolute Gasteiger partial charge is 0.237 e. The van der Waals surface area contributed by atoms with E-state index in [0.717, 1.165) is 17.4 Å². The summed E-state index contributed by atoms with van der Waals surface area (Å²) in [5.74, 6) is -0.322. The van der Waals surface area contributed by atoms with Crippen LogP contribution in [0.4, 0.5) is 0 Å². The maximum atomic E-state index is 11.0. The van der Waals surface area contributed by atoms with Crippen molar-refractivity contribution >= 4 is 16.8 Å². The van der Waals surface area contributed by atoms with Crippen molar-refractivity contribution in [2.24, 2.45) is 5.73 Å². The van der Waals surface area contributed by atoms with Crippen molar-refractivity contribution in [3.63, 3.8) is 0 Å². The fourth-order valence-corrected chi connectivity index (χ4v) is 1.97. The van der Waals surface area contributed by atoms with Crippen molar-refractivity contribution in [1.82, 2.24) is 9.88 Å². The van der Waals surface area contributed by atoms with Gasteiger partial charge in [0.2, 0.25) is 5.91 Å². The van der Waals surface area contributed by atoms with Gasteiger partial charge in [0.05, 0.1) is 5.52 Å². The van der Waals surface area contributed by atoms with Crippen LogP contribution >= 0.6 is 0 Å². The number of aromatic nitrogens is 1. The molecule has 1 heterocycles. The summed E-state index contributed by atoms with van der Waals surface area (Å²) < 4.78 is 1.89. The van der Waals surface area contributed by atoms with Crippen LogP contribution in [-0.4, -0.2) is 17.5 Å². The Bertz CT molecular complexity index is 516. The number of primary amides is 1. The Morgan fingerprint density at radius 1 is 1.44 bits per heavy atom. The molecule has 0 fully saturated rings.